The molecular formula is C40H30S2. The molecule has 0 spiro atoms. The van der Waals surface area contributed by atoms with Crippen LogP contribution in [0.5, 0.6) is 0 Å². The normalized spacial score (nSPS) is 11.3. The molecule has 0 aromatic heterocycles. The van der Waals surface area contributed by atoms with Gasteiger partial charge in [0.25, 0.3) is 0 Å². The Hall–Kier alpha value is -4.24. The summed E-state index contributed by atoms with van der Waals surface area (Å²) in [7, 11) is 0. The van der Waals surface area contributed by atoms with Crippen LogP contribution in [0.2, 0.25) is 0 Å². The molecule has 7 aromatic carbocycles. The van der Waals surface area contributed by atoms with E-state index in [1.54, 1.807) is 0 Å². The number of hydrogen-bond acceptors (Lipinski definition) is 2. The SMILES string of the molecule is Cc1ccc(Sc2ccc3c(-c4ccccc4)c4cc(Sc5ccc(C)cc5)ccc4c(-c4ccccc4)c3c2)cc1. The third-order valence-corrected chi connectivity index (χ3v) is 9.69. The van der Waals surface area contributed by atoms with Crippen molar-refractivity contribution in [3.63, 3.8) is 0 Å². The number of rotatable bonds is 6. The average molecular weight is 575 g/mol. The molecule has 0 heterocycles. The summed E-state index contributed by atoms with van der Waals surface area (Å²) < 4.78 is 0. The molecule has 0 amide bonds. The minimum atomic E-state index is 1.24. The van der Waals surface area contributed by atoms with Gasteiger partial charge in [-0.15, -0.1) is 0 Å². The number of aryl methyl sites for hydroxylation is 2. The van der Waals surface area contributed by atoms with Gasteiger partial charge in [0.1, 0.15) is 0 Å². The van der Waals surface area contributed by atoms with Gasteiger partial charge in [-0.1, -0.05) is 132 Å². The second-order valence-corrected chi connectivity index (χ2v) is 13.0. The van der Waals surface area contributed by atoms with Crippen molar-refractivity contribution in [3.05, 3.63) is 157 Å². The minimum Gasteiger partial charge on any atom is -0.0901 e. The van der Waals surface area contributed by atoms with Crippen LogP contribution in [0, 0.1) is 13.8 Å². The zero-order chi connectivity index (χ0) is 28.5. The van der Waals surface area contributed by atoms with Gasteiger partial charge in [-0.05, 0) is 106 Å². The molecule has 0 aliphatic rings. The minimum absolute atomic E-state index is 1.24. The van der Waals surface area contributed by atoms with Crippen LogP contribution in [0.25, 0.3) is 43.8 Å². The van der Waals surface area contributed by atoms with Gasteiger partial charge < -0.3 is 0 Å². The summed E-state index contributed by atoms with van der Waals surface area (Å²) >= 11 is 3.65. The summed E-state index contributed by atoms with van der Waals surface area (Å²) in [5.41, 5.74) is 7.62. The lowest BCUT2D eigenvalue weighted by molar-refractivity contribution is 1.36. The molecule has 0 radical (unpaired) electrons. The third-order valence-electron chi connectivity index (χ3n) is 7.70. The topological polar surface area (TPSA) is 0 Å². The fourth-order valence-corrected chi connectivity index (χ4v) is 7.34. The van der Waals surface area contributed by atoms with Crippen LogP contribution in [-0.4, -0.2) is 0 Å². The van der Waals surface area contributed by atoms with E-state index in [1.807, 2.05) is 23.5 Å². The van der Waals surface area contributed by atoms with E-state index in [1.165, 1.54) is 74.5 Å². The number of benzene rings is 7. The molecule has 42 heavy (non-hydrogen) atoms. The molecule has 0 saturated carbocycles. The Morgan fingerprint density at radius 1 is 0.333 bits per heavy atom. The Kier molecular flexibility index (Phi) is 7.34. The van der Waals surface area contributed by atoms with E-state index in [2.05, 4.69) is 159 Å². The molecule has 0 saturated heterocycles. The van der Waals surface area contributed by atoms with Crippen LogP contribution >= 0.6 is 23.5 Å². The lowest BCUT2D eigenvalue weighted by Crippen LogP contribution is -1.92. The summed E-state index contributed by atoms with van der Waals surface area (Å²) in [4.78, 5) is 4.99. The first-order valence-electron chi connectivity index (χ1n) is 14.3. The van der Waals surface area contributed by atoms with E-state index >= 15 is 0 Å². The third kappa shape index (κ3) is 5.36. The summed E-state index contributed by atoms with van der Waals surface area (Å²) in [5.74, 6) is 0. The van der Waals surface area contributed by atoms with E-state index in [0.29, 0.717) is 0 Å². The highest BCUT2D eigenvalue weighted by molar-refractivity contribution is 7.99. The average Bonchev–Trinajstić information content (AvgIpc) is 3.03. The van der Waals surface area contributed by atoms with Crippen LogP contribution in [0.4, 0.5) is 0 Å². The second kappa shape index (κ2) is 11.6. The highest BCUT2D eigenvalue weighted by atomic mass is 32.2. The molecule has 2 heteroatoms. The van der Waals surface area contributed by atoms with Crippen LogP contribution in [0.1, 0.15) is 11.1 Å². The van der Waals surface area contributed by atoms with Gasteiger partial charge in [-0.3, -0.25) is 0 Å². The Morgan fingerprint density at radius 2 is 0.690 bits per heavy atom. The Bertz CT molecular complexity index is 1860. The molecule has 0 aliphatic heterocycles. The maximum absolute atomic E-state index is 2.39. The zero-order valence-corrected chi connectivity index (χ0v) is 25.3. The van der Waals surface area contributed by atoms with E-state index in [4.69, 9.17) is 0 Å². The molecule has 0 aliphatic carbocycles. The fourth-order valence-electron chi connectivity index (χ4n) is 5.63. The number of hydrogen-bond donors (Lipinski definition) is 0. The molecule has 0 unspecified atom stereocenters. The van der Waals surface area contributed by atoms with Gasteiger partial charge in [0.05, 0.1) is 0 Å². The second-order valence-electron chi connectivity index (χ2n) is 10.7. The van der Waals surface area contributed by atoms with Crippen molar-refractivity contribution in [2.45, 2.75) is 33.4 Å². The predicted octanol–water partition coefficient (Wildman–Crippen LogP) is 12.2. The summed E-state index contributed by atoms with van der Waals surface area (Å²) in [5, 5.41) is 5.11. The quantitative estimate of drug-likeness (QED) is 0.181. The maximum Gasteiger partial charge on any atom is 0.0128 e. The van der Waals surface area contributed by atoms with Gasteiger partial charge in [-0.25, -0.2) is 0 Å². The van der Waals surface area contributed by atoms with Crippen molar-refractivity contribution in [3.8, 4) is 22.3 Å². The van der Waals surface area contributed by atoms with E-state index in [9.17, 15) is 0 Å². The van der Waals surface area contributed by atoms with Crippen molar-refractivity contribution in [2.75, 3.05) is 0 Å². The van der Waals surface area contributed by atoms with Crippen LogP contribution in [0.15, 0.2) is 165 Å². The maximum atomic E-state index is 2.39. The first-order valence-corrected chi connectivity index (χ1v) is 15.9. The zero-order valence-electron chi connectivity index (χ0n) is 23.7. The first kappa shape index (κ1) is 26.6. The number of fused-ring (bicyclic) bond motifs is 2. The van der Waals surface area contributed by atoms with E-state index in [-0.39, 0.29) is 0 Å². The Morgan fingerprint density at radius 3 is 1.07 bits per heavy atom. The molecule has 0 atom stereocenters. The molecule has 7 aromatic rings. The van der Waals surface area contributed by atoms with Crippen LogP contribution in [0.3, 0.4) is 0 Å². The fraction of sp³-hybridized carbons (Fsp3) is 0.0500. The largest absolute Gasteiger partial charge is 0.0901 e. The van der Waals surface area contributed by atoms with Gasteiger partial charge in [0.2, 0.25) is 0 Å². The Labute approximate surface area is 256 Å². The standard InChI is InChI=1S/C40H30S2/c1-27-13-17-31(18-14-27)41-33-21-23-35-37(25-33)39(29-9-5-3-6-10-29)36-24-22-34(42-32-19-15-28(2)16-20-32)26-38(36)40(35)30-11-7-4-8-12-30/h3-26H,1-2H3. The summed E-state index contributed by atoms with van der Waals surface area (Å²) in [6.07, 6.45) is 0. The molecule has 202 valence electrons. The van der Waals surface area contributed by atoms with Crippen molar-refractivity contribution in [1.82, 2.24) is 0 Å². The smallest absolute Gasteiger partial charge is 0.0128 e. The summed E-state index contributed by atoms with van der Waals surface area (Å²) in [6, 6.07) is 53.4. The van der Waals surface area contributed by atoms with Crippen LogP contribution in [-0.2, 0) is 0 Å². The monoisotopic (exact) mass is 574 g/mol. The van der Waals surface area contributed by atoms with E-state index in [0.717, 1.165) is 0 Å². The summed E-state index contributed by atoms with van der Waals surface area (Å²) in [6.45, 7) is 4.27. The lowest BCUT2D eigenvalue weighted by atomic mass is 9.86. The molecule has 7 rings (SSSR count). The van der Waals surface area contributed by atoms with Crippen molar-refractivity contribution >= 4 is 45.1 Å². The van der Waals surface area contributed by atoms with Crippen molar-refractivity contribution in [1.29, 1.82) is 0 Å². The molecule has 0 bridgehead atoms. The Balaban J connectivity index is 1.50. The highest BCUT2D eigenvalue weighted by Crippen LogP contribution is 2.46. The lowest BCUT2D eigenvalue weighted by Gasteiger charge is -2.19. The van der Waals surface area contributed by atoms with E-state index < -0.39 is 0 Å². The predicted molar refractivity (Wildman–Crippen MR) is 183 cm³/mol. The molecule has 0 N–H and O–H groups in total. The molecule has 0 fully saturated rings. The van der Waals surface area contributed by atoms with Gasteiger partial charge in [-0.2, -0.15) is 0 Å². The van der Waals surface area contributed by atoms with Gasteiger partial charge >= 0.3 is 0 Å². The van der Waals surface area contributed by atoms with Crippen LogP contribution < -0.4 is 0 Å². The molecular weight excluding hydrogens is 545 g/mol. The first-order chi connectivity index (χ1) is 20.6. The van der Waals surface area contributed by atoms with Crippen molar-refractivity contribution < 1.29 is 0 Å². The van der Waals surface area contributed by atoms with Gasteiger partial charge in [0, 0.05) is 19.6 Å². The molecule has 0 nitrogen and oxygen atoms in total. The van der Waals surface area contributed by atoms with Crippen molar-refractivity contribution in [2.24, 2.45) is 0 Å². The highest BCUT2D eigenvalue weighted by Gasteiger charge is 2.18. The van der Waals surface area contributed by atoms with Gasteiger partial charge in [0.15, 0.2) is 0 Å².